The lowest BCUT2D eigenvalue weighted by molar-refractivity contribution is 0.0996. The van der Waals surface area contributed by atoms with E-state index >= 15 is 0 Å². The first-order valence-electron chi connectivity index (χ1n) is 5.99. The van der Waals surface area contributed by atoms with Gasteiger partial charge in [-0.15, -0.1) is 0 Å². The Labute approximate surface area is 116 Å². The van der Waals surface area contributed by atoms with E-state index in [9.17, 15) is 5.11 Å². The average molecular weight is 278 g/mol. The minimum absolute atomic E-state index is 0.346. The van der Waals surface area contributed by atoms with Crippen molar-refractivity contribution in [2.45, 2.75) is 12.5 Å². The van der Waals surface area contributed by atoms with Crippen molar-refractivity contribution in [1.29, 1.82) is 0 Å². The molecule has 19 heavy (non-hydrogen) atoms. The number of benzene rings is 1. The Balaban J connectivity index is 2.18. The summed E-state index contributed by atoms with van der Waals surface area (Å²) in [7, 11) is 0. The number of fused-ring (bicyclic) bond motifs is 1. The summed E-state index contributed by atoms with van der Waals surface area (Å²) >= 11 is 1.59. The molecule has 0 radical (unpaired) electrons. The van der Waals surface area contributed by atoms with Crippen LogP contribution in [0.5, 0.6) is 0 Å². The van der Waals surface area contributed by atoms with Gasteiger partial charge < -0.3 is 16.2 Å². The number of hydrogen-bond acceptors (Lipinski definition) is 6. The number of para-hydroxylation sites is 2. The Morgan fingerprint density at radius 2 is 1.95 bits per heavy atom. The molecule has 0 amide bonds. The predicted molar refractivity (Wildman–Crippen MR) is 81.4 cm³/mol. The second-order valence-corrected chi connectivity index (χ2v) is 5.60. The first-order valence-corrected chi connectivity index (χ1v) is 7.39. The highest BCUT2D eigenvalue weighted by Crippen LogP contribution is 2.19. The molecular formula is C13H18N4OS. The van der Waals surface area contributed by atoms with Crippen LogP contribution in [-0.2, 0) is 0 Å². The Kier molecular flexibility index (Phi) is 4.11. The third-order valence-electron chi connectivity index (χ3n) is 2.69. The van der Waals surface area contributed by atoms with Crippen molar-refractivity contribution in [3.8, 4) is 0 Å². The van der Waals surface area contributed by atoms with E-state index in [4.69, 9.17) is 5.73 Å². The number of rotatable bonds is 5. The van der Waals surface area contributed by atoms with Crippen molar-refractivity contribution in [1.82, 2.24) is 9.97 Å². The van der Waals surface area contributed by atoms with Crippen LogP contribution in [0.1, 0.15) is 6.92 Å². The molecule has 4 N–H and O–H groups in total. The number of nitrogens with zero attached hydrogens (tertiary/aromatic N) is 2. The van der Waals surface area contributed by atoms with Gasteiger partial charge in [-0.25, -0.2) is 9.97 Å². The van der Waals surface area contributed by atoms with E-state index in [1.165, 1.54) is 0 Å². The van der Waals surface area contributed by atoms with Gasteiger partial charge in [0.05, 0.1) is 16.6 Å². The zero-order valence-corrected chi connectivity index (χ0v) is 11.9. The second-order valence-electron chi connectivity index (χ2n) is 4.73. The molecule has 0 saturated carbocycles. The van der Waals surface area contributed by atoms with E-state index in [-0.39, 0.29) is 0 Å². The maximum absolute atomic E-state index is 10.1. The normalized spacial score (nSPS) is 14.3. The number of aliphatic hydroxyl groups is 1. The maximum Gasteiger partial charge on any atom is 0.169 e. The molecule has 1 aromatic heterocycles. The van der Waals surface area contributed by atoms with Crippen LogP contribution in [0.3, 0.4) is 0 Å². The van der Waals surface area contributed by atoms with Crippen LogP contribution in [0, 0.1) is 0 Å². The monoisotopic (exact) mass is 278 g/mol. The number of nitrogens with two attached hydrogens (primary N) is 1. The van der Waals surface area contributed by atoms with Crippen molar-refractivity contribution in [3.63, 3.8) is 0 Å². The molecule has 0 aliphatic carbocycles. The fraction of sp³-hybridized carbons (Fsp3) is 0.385. The van der Waals surface area contributed by atoms with Gasteiger partial charge in [0.1, 0.15) is 0 Å². The van der Waals surface area contributed by atoms with E-state index < -0.39 is 5.60 Å². The minimum atomic E-state index is -0.806. The lowest BCUT2D eigenvalue weighted by atomic mass is 10.1. The first-order chi connectivity index (χ1) is 9.02. The highest BCUT2D eigenvalue weighted by Gasteiger charge is 2.20. The van der Waals surface area contributed by atoms with Crippen molar-refractivity contribution in [2.75, 3.05) is 29.6 Å². The molecule has 1 aromatic carbocycles. The average Bonchev–Trinajstić information content (AvgIpc) is 2.36. The number of nitrogens with one attached hydrogen (secondary N) is 1. The van der Waals surface area contributed by atoms with Crippen LogP contribution < -0.4 is 11.1 Å². The van der Waals surface area contributed by atoms with Gasteiger partial charge in [-0.1, -0.05) is 12.1 Å². The Morgan fingerprint density at radius 3 is 2.58 bits per heavy atom. The standard InChI is InChI=1S/C13H18N4OS/c1-13(18,8-19-2)7-15-12-11(14)16-9-5-3-4-6-10(9)17-12/h3-6,18H,7-8H2,1-2H3,(H2,14,16)(H,15,17). The summed E-state index contributed by atoms with van der Waals surface area (Å²) < 4.78 is 0. The predicted octanol–water partition coefficient (Wildman–Crippen LogP) is 1.74. The maximum atomic E-state index is 10.1. The van der Waals surface area contributed by atoms with Crippen LogP contribution in [0.4, 0.5) is 11.6 Å². The topological polar surface area (TPSA) is 84.1 Å². The molecule has 5 nitrogen and oxygen atoms in total. The lowest BCUT2D eigenvalue weighted by Crippen LogP contribution is -2.36. The molecule has 6 heteroatoms. The number of hydrogen-bond donors (Lipinski definition) is 3. The van der Waals surface area contributed by atoms with Crippen molar-refractivity contribution in [2.24, 2.45) is 0 Å². The van der Waals surface area contributed by atoms with Gasteiger partial charge in [-0.2, -0.15) is 11.8 Å². The quantitative estimate of drug-likeness (QED) is 0.772. The number of thioether (sulfide) groups is 1. The Hall–Kier alpha value is -1.53. The molecule has 0 fully saturated rings. The summed E-state index contributed by atoms with van der Waals surface area (Å²) in [5.74, 6) is 1.50. The summed E-state index contributed by atoms with van der Waals surface area (Å²) in [4.78, 5) is 8.71. The summed E-state index contributed by atoms with van der Waals surface area (Å²) in [6, 6.07) is 7.55. The first kappa shape index (κ1) is 13.9. The summed E-state index contributed by atoms with van der Waals surface area (Å²) in [5.41, 5.74) is 6.61. The van der Waals surface area contributed by atoms with Crippen LogP contribution >= 0.6 is 11.8 Å². The van der Waals surface area contributed by atoms with Gasteiger partial charge in [-0.3, -0.25) is 0 Å². The minimum Gasteiger partial charge on any atom is -0.387 e. The molecule has 0 bridgehead atoms. The third-order valence-corrected chi connectivity index (χ3v) is 3.60. The highest BCUT2D eigenvalue weighted by molar-refractivity contribution is 7.98. The van der Waals surface area contributed by atoms with Gasteiger partial charge in [0, 0.05) is 12.3 Å². The van der Waals surface area contributed by atoms with Gasteiger partial charge in [0.25, 0.3) is 0 Å². The highest BCUT2D eigenvalue weighted by atomic mass is 32.2. The van der Waals surface area contributed by atoms with E-state index in [0.29, 0.717) is 23.9 Å². The van der Waals surface area contributed by atoms with Gasteiger partial charge in [0.15, 0.2) is 11.6 Å². The van der Waals surface area contributed by atoms with Gasteiger partial charge in [0.2, 0.25) is 0 Å². The summed E-state index contributed by atoms with van der Waals surface area (Å²) in [6.07, 6.45) is 1.96. The molecule has 0 aliphatic rings. The largest absolute Gasteiger partial charge is 0.387 e. The van der Waals surface area contributed by atoms with Crippen LogP contribution in [-0.4, -0.2) is 39.2 Å². The van der Waals surface area contributed by atoms with Crippen LogP contribution in [0.25, 0.3) is 11.0 Å². The zero-order chi connectivity index (χ0) is 13.9. The Morgan fingerprint density at radius 1 is 1.32 bits per heavy atom. The van der Waals surface area contributed by atoms with Crippen molar-refractivity contribution < 1.29 is 5.11 Å². The second kappa shape index (κ2) is 5.63. The molecule has 2 aromatic rings. The Bertz CT molecular complexity index is 574. The molecule has 1 unspecified atom stereocenters. The molecule has 2 rings (SSSR count). The summed E-state index contributed by atoms with van der Waals surface area (Å²) in [5, 5.41) is 13.2. The molecule has 102 valence electrons. The number of anilines is 2. The van der Waals surface area contributed by atoms with Gasteiger partial charge in [-0.05, 0) is 25.3 Å². The van der Waals surface area contributed by atoms with E-state index in [1.807, 2.05) is 30.5 Å². The lowest BCUT2D eigenvalue weighted by Gasteiger charge is -2.23. The van der Waals surface area contributed by atoms with Gasteiger partial charge >= 0.3 is 0 Å². The van der Waals surface area contributed by atoms with E-state index in [1.54, 1.807) is 18.7 Å². The molecular weight excluding hydrogens is 260 g/mol. The van der Waals surface area contributed by atoms with E-state index in [0.717, 1.165) is 11.0 Å². The van der Waals surface area contributed by atoms with Crippen molar-refractivity contribution in [3.05, 3.63) is 24.3 Å². The number of aromatic nitrogens is 2. The third kappa shape index (κ3) is 3.48. The molecule has 1 atom stereocenters. The van der Waals surface area contributed by atoms with E-state index in [2.05, 4.69) is 15.3 Å². The van der Waals surface area contributed by atoms with Crippen LogP contribution in [0.15, 0.2) is 24.3 Å². The SMILES string of the molecule is CSCC(C)(O)CNc1nc2ccccc2nc1N. The molecule has 1 heterocycles. The fourth-order valence-corrected chi connectivity index (χ4v) is 2.50. The molecule has 0 spiro atoms. The number of nitrogen functional groups attached to an aromatic ring is 1. The summed E-state index contributed by atoms with van der Waals surface area (Å²) in [6.45, 7) is 2.16. The van der Waals surface area contributed by atoms with Crippen molar-refractivity contribution >= 4 is 34.4 Å². The molecule has 0 aliphatic heterocycles. The fourth-order valence-electron chi connectivity index (χ4n) is 1.78. The zero-order valence-electron chi connectivity index (χ0n) is 11.1. The molecule has 0 saturated heterocycles. The smallest absolute Gasteiger partial charge is 0.169 e. The van der Waals surface area contributed by atoms with Crippen LogP contribution in [0.2, 0.25) is 0 Å².